The van der Waals surface area contributed by atoms with Gasteiger partial charge in [-0.15, -0.1) is 0 Å². The van der Waals surface area contributed by atoms with E-state index in [9.17, 15) is 63.1 Å². The lowest BCUT2D eigenvalue weighted by atomic mass is 9.82. The first-order chi connectivity index (χ1) is 24.7. The Morgan fingerprint density at radius 3 is 0.731 bits per heavy atom. The maximum absolute atomic E-state index is 14.8. The molecule has 0 radical (unpaired) electrons. The first-order valence-electron chi connectivity index (χ1n) is 14.7. The lowest BCUT2D eigenvalue weighted by Gasteiger charge is -2.30. The molecule has 2 aliphatic rings. The number of halogens is 10. The third-order valence-corrected chi connectivity index (χ3v) is 9.46. The predicted molar refractivity (Wildman–Crippen MR) is 162 cm³/mol. The zero-order valence-corrected chi connectivity index (χ0v) is 24.9. The van der Waals surface area contributed by atoms with Gasteiger partial charge in [-0.3, -0.25) is 19.2 Å². The zero-order chi connectivity index (χ0) is 37.0. The summed E-state index contributed by atoms with van der Waals surface area (Å²) in [5.41, 5.74) is -4.95. The molecule has 9 rings (SSSR count). The van der Waals surface area contributed by atoms with Crippen molar-refractivity contribution in [3.8, 4) is 0 Å². The van der Waals surface area contributed by atoms with Crippen LogP contribution in [0.3, 0.4) is 0 Å². The average molecular weight is 722 g/mol. The van der Waals surface area contributed by atoms with Crippen LogP contribution in [0, 0.1) is 58.2 Å². The Bertz CT molecular complexity index is 2590. The number of carbonyl (C=O) groups excluding carboxylic acids is 4. The van der Waals surface area contributed by atoms with Crippen LogP contribution in [0.1, 0.15) is 41.4 Å². The van der Waals surface area contributed by atoms with E-state index in [0.717, 1.165) is 24.3 Å². The fourth-order valence-electron chi connectivity index (χ4n) is 7.25. The lowest BCUT2D eigenvalue weighted by molar-refractivity contribution is 0.0874. The largest absolute Gasteiger partial charge is 0.268 e. The molecule has 0 fully saturated rings. The molecule has 0 saturated heterocycles. The topological polar surface area (TPSA) is 74.8 Å². The van der Waals surface area contributed by atoms with E-state index in [4.69, 9.17) is 0 Å². The van der Waals surface area contributed by atoms with Gasteiger partial charge in [0.15, 0.2) is 46.5 Å². The fraction of sp³-hybridized carbons (Fsp3) is 0. The third-order valence-electron chi connectivity index (χ3n) is 9.46. The molecule has 0 aliphatic carbocycles. The van der Waals surface area contributed by atoms with Crippen LogP contribution < -0.4 is 9.80 Å². The number of amides is 4. The summed E-state index contributed by atoms with van der Waals surface area (Å²) in [6, 6.07) is 9.93. The number of carbonyl (C=O) groups is 4. The van der Waals surface area contributed by atoms with Crippen LogP contribution >= 0.6 is 0 Å². The van der Waals surface area contributed by atoms with E-state index >= 15 is 0 Å². The van der Waals surface area contributed by atoms with E-state index in [2.05, 4.69) is 0 Å². The molecule has 256 valence electrons. The van der Waals surface area contributed by atoms with Gasteiger partial charge in [-0.05, 0) is 56.6 Å². The Balaban J connectivity index is 1.29. The SMILES string of the molecule is O=C1c2ccc3c4ccc5c6c(ccc(c7ccc(c2c37)C(=O)N1c1c(F)c(F)c(F)c(F)c1F)c64)C(=O)N(c1c(F)c(F)c(F)c(F)c1F)C5=O. The Morgan fingerprint density at radius 2 is 0.500 bits per heavy atom. The molecule has 7 aromatic carbocycles. The minimum atomic E-state index is -2.50. The maximum Gasteiger partial charge on any atom is 0.266 e. The molecule has 2 heterocycles. The Labute approximate surface area is 280 Å². The van der Waals surface area contributed by atoms with Gasteiger partial charge in [-0.2, -0.15) is 0 Å². The van der Waals surface area contributed by atoms with E-state index in [1.54, 1.807) is 0 Å². The quantitative estimate of drug-likeness (QED) is 0.0447. The van der Waals surface area contributed by atoms with E-state index in [1.165, 1.54) is 24.3 Å². The number of hydrogen-bond acceptors (Lipinski definition) is 4. The van der Waals surface area contributed by atoms with Gasteiger partial charge in [0.25, 0.3) is 23.6 Å². The normalized spacial score (nSPS) is 14.4. The number of nitrogens with zero attached hydrogens (tertiary/aromatic N) is 2. The van der Waals surface area contributed by atoms with Gasteiger partial charge in [-0.25, -0.2) is 53.7 Å². The minimum absolute atomic E-state index is 0.0474. The smallest absolute Gasteiger partial charge is 0.266 e. The predicted octanol–water partition coefficient (Wildman–Crippen LogP) is 8.73. The van der Waals surface area contributed by atoms with Gasteiger partial charge >= 0.3 is 0 Å². The molecule has 0 aromatic heterocycles. The fourth-order valence-corrected chi connectivity index (χ4v) is 7.25. The van der Waals surface area contributed by atoms with Crippen LogP contribution in [0.25, 0.3) is 43.1 Å². The first kappa shape index (κ1) is 31.4. The molecular formula is C36H8F10N2O4. The van der Waals surface area contributed by atoms with Crippen molar-refractivity contribution < 1.29 is 63.1 Å². The van der Waals surface area contributed by atoms with Crippen LogP contribution in [0.4, 0.5) is 55.3 Å². The number of rotatable bonds is 2. The summed E-state index contributed by atoms with van der Waals surface area (Å²) in [4.78, 5) is 54.5. The van der Waals surface area contributed by atoms with Crippen LogP contribution in [-0.4, -0.2) is 23.6 Å². The molecular weight excluding hydrogens is 714 g/mol. The van der Waals surface area contributed by atoms with Crippen molar-refractivity contribution in [2.45, 2.75) is 0 Å². The molecule has 0 bridgehead atoms. The second-order valence-corrected chi connectivity index (χ2v) is 11.9. The zero-order valence-electron chi connectivity index (χ0n) is 24.9. The molecule has 2 aliphatic heterocycles. The lowest BCUT2D eigenvalue weighted by Crippen LogP contribution is -2.42. The number of fused-ring (bicyclic) bond motifs is 2. The van der Waals surface area contributed by atoms with Gasteiger partial charge in [0, 0.05) is 33.0 Å². The Morgan fingerprint density at radius 1 is 0.288 bits per heavy atom. The first-order valence-corrected chi connectivity index (χ1v) is 14.7. The highest BCUT2D eigenvalue weighted by molar-refractivity contribution is 6.45. The van der Waals surface area contributed by atoms with Gasteiger partial charge < -0.3 is 0 Å². The van der Waals surface area contributed by atoms with E-state index < -0.39 is 93.2 Å². The van der Waals surface area contributed by atoms with Gasteiger partial charge in [0.1, 0.15) is 11.4 Å². The van der Waals surface area contributed by atoms with Crippen molar-refractivity contribution in [2.75, 3.05) is 9.80 Å². The summed E-state index contributed by atoms with van der Waals surface area (Å²) in [5, 5.41) is 1.51. The molecule has 0 N–H and O–H groups in total. The highest BCUT2D eigenvalue weighted by atomic mass is 19.2. The Hall–Kier alpha value is -6.58. The molecule has 52 heavy (non-hydrogen) atoms. The van der Waals surface area contributed by atoms with E-state index in [-0.39, 0.29) is 53.6 Å². The molecule has 0 saturated carbocycles. The van der Waals surface area contributed by atoms with Gasteiger partial charge in [0.2, 0.25) is 11.6 Å². The van der Waals surface area contributed by atoms with Crippen molar-refractivity contribution in [1.29, 1.82) is 0 Å². The van der Waals surface area contributed by atoms with Crippen molar-refractivity contribution in [3.05, 3.63) is 129 Å². The van der Waals surface area contributed by atoms with Crippen LogP contribution in [0.5, 0.6) is 0 Å². The summed E-state index contributed by atoms with van der Waals surface area (Å²) in [5.74, 6) is -29.8. The van der Waals surface area contributed by atoms with Crippen LogP contribution in [-0.2, 0) is 0 Å². The molecule has 0 spiro atoms. The molecule has 0 unspecified atom stereocenters. The third kappa shape index (κ3) is 3.50. The summed E-state index contributed by atoms with van der Waals surface area (Å²) in [6.45, 7) is 0. The second-order valence-electron chi connectivity index (χ2n) is 11.9. The van der Waals surface area contributed by atoms with Gasteiger partial charge in [-0.1, -0.05) is 24.3 Å². The number of hydrogen-bond donors (Lipinski definition) is 0. The maximum atomic E-state index is 14.8. The average Bonchev–Trinajstić information content (AvgIpc) is 3.14. The summed E-state index contributed by atoms with van der Waals surface area (Å²) < 4.78 is 144. The number of imide groups is 2. The standard InChI is InChI=1S/C36H8F10N2O4/c37-21-23(39)27(43)31(28(44)24(21)40)47-33(49)13-5-1-9-10-2-6-15-20-16(8-4-12(18(10)20)11-3-7-14(34(47)50)19(13)17(9)11)36(52)48(35(15)51)32-29(45)25(41)22(38)26(42)30(32)46/h1-8H. The molecule has 4 amide bonds. The highest BCUT2D eigenvalue weighted by Gasteiger charge is 2.43. The number of benzene rings is 7. The van der Waals surface area contributed by atoms with Crippen molar-refractivity contribution in [2.24, 2.45) is 0 Å². The van der Waals surface area contributed by atoms with Gasteiger partial charge in [0.05, 0.1) is 0 Å². The molecule has 7 aromatic rings. The number of anilines is 2. The molecule has 16 heteroatoms. The van der Waals surface area contributed by atoms with Crippen LogP contribution in [0.15, 0.2) is 48.5 Å². The van der Waals surface area contributed by atoms with E-state index in [1.807, 2.05) is 0 Å². The van der Waals surface area contributed by atoms with Crippen molar-refractivity contribution >= 4 is 78.1 Å². The summed E-state index contributed by atoms with van der Waals surface area (Å²) in [7, 11) is 0. The minimum Gasteiger partial charge on any atom is -0.268 e. The monoisotopic (exact) mass is 722 g/mol. The molecule has 0 atom stereocenters. The van der Waals surface area contributed by atoms with E-state index in [0.29, 0.717) is 21.5 Å². The van der Waals surface area contributed by atoms with Crippen molar-refractivity contribution in [1.82, 2.24) is 0 Å². The molecule has 6 nitrogen and oxygen atoms in total. The van der Waals surface area contributed by atoms with Crippen molar-refractivity contribution in [3.63, 3.8) is 0 Å². The summed E-state index contributed by atoms with van der Waals surface area (Å²) in [6.07, 6.45) is 0. The Kier molecular flexibility index (Phi) is 6.05. The van der Waals surface area contributed by atoms with Crippen LogP contribution in [0.2, 0.25) is 0 Å². The second kappa shape index (κ2) is 10.0. The highest BCUT2D eigenvalue weighted by Crippen LogP contribution is 2.48. The summed E-state index contributed by atoms with van der Waals surface area (Å²) >= 11 is 0.